The van der Waals surface area contributed by atoms with Crippen molar-refractivity contribution in [2.75, 3.05) is 16.0 Å². The molecule has 0 saturated heterocycles. The number of aromatic nitrogens is 1. The van der Waals surface area contributed by atoms with Crippen molar-refractivity contribution in [3.63, 3.8) is 0 Å². The number of carbonyl (C=O) groups excluding carboxylic acids is 3. The lowest BCUT2D eigenvalue weighted by molar-refractivity contribution is -0.114. The number of benzene rings is 2. The number of carbonyl (C=O) groups is 3. The lowest BCUT2D eigenvalue weighted by Crippen LogP contribution is -2.17. The highest BCUT2D eigenvalue weighted by molar-refractivity contribution is 6.08. The van der Waals surface area contributed by atoms with Gasteiger partial charge in [-0.25, -0.2) is 4.39 Å². The summed E-state index contributed by atoms with van der Waals surface area (Å²) >= 11 is 0. The highest BCUT2D eigenvalue weighted by Crippen LogP contribution is 2.17. The van der Waals surface area contributed by atoms with Crippen molar-refractivity contribution in [3.8, 4) is 0 Å². The topological polar surface area (TPSA) is 100 Å². The minimum absolute atomic E-state index is 0.0175. The molecule has 3 N–H and O–H groups in total. The maximum absolute atomic E-state index is 13.7. The molecular weight excluding hydrogens is 375 g/mol. The van der Waals surface area contributed by atoms with Crippen LogP contribution in [0.15, 0.2) is 66.9 Å². The summed E-state index contributed by atoms with van der Waals surface area (Å²) in [6.45, 7) is 1.39. The van der Waals surface area contributed by atoms with Gasteiger partial charge in [-0.2, -0.15) is 0 Å². The molecule has 0 aliphatic carbocycles. The van der Waals surface area contributed by atoms with E-state index in [1.54, 1.807) is 30.3 Å². The van der Waals surface area contributed by atoms with Crippen LogP contribution in [-0.4, -0.2) is 22.7 Å². The van der Waals surface area contributed by atoms with E-state index in [0.717, 1.165) is 0 Å². The van der Waals surface area contributed by atoms with Crippen LogP contribution in [0.25, 0.3) is 0 Å². The van der Waals surface area contributed by atoms with Crippen LogP contribution in [0.4, 0.5) is 21.5 Å². The molecule has 3 amide bonds. The highest BCUT2D eigenvalue weighted by Gasteiger charge is 2.14. The van der Waals surface area contributed by atoms with Crippen molar-refractivity contribution in [2.45, 2.75) is 6.92 Å². The molecule has 1 heterocycles. The van der Waals surface area contributed by atoms with E-state index >= 15 is 0 Å². The summed E-state index contributed by atoms with van der Waals surface area (Å²) in [4.78, 5) is 39.9. The first-order valence-electron chi connectivity index (χ1n) is 8.63. The molecule has 0 unspecified atom stereocenters. The summed E-state index contributed by atoms with van der Waals surface area (Å²) in [5.41, 5.74) is 1.19. The fraction of sp³-hybridized carbons (Fsp3) is 0.0476. The molecule has 2 aromatic carbocycles. The SMILES string of the molecule is CC(=O)Nc1cccc(NC(=O)c2ccnc(C(=O)Nc3ccccc3F)c2)c1. The Morgan fingerprint density at radius 1 is 0.828 bits per heavy atom. The van der Waals surface area contributed by atoms with E-state index in [0.29, 0.717) is 11.4 Å². The molecule has 29 heavy (non-hydrogen) atoms. The van der Waals surface area contributed by atoms with Crippen molar-refractivity contribution in [1.82, 2.24) is 4.98 Å². The van der Waals surface area contributed by atoms with Crippen molar-refractivity contribution >= 4 is 34.8 Å². The number of hydrogen-bond acceptors (Lipinski definition) is 4. The van der Waals surface area contributed by atoms with E-state index in [9.17, 15) is 18.8 Å². The van der Waals surface area contributed by atoms with E-state index in [4.69, 9.17) is 0 Å². The van der Waals surface area contributed by atoms with Crippen LogP contribution >= 0.6 is 0 Å². The van der Waals surface area contributed by atoms with Gasteiger partial charge in [0.15, 0.2) is 0 Å². The Kier molecular flexibility index (Phi) is 5.94. The minimum Gasteiger partial charge on any atom is -0.326 e. The van der Waals surface area contributed by atoms with Crippen LogP contribution in [0.3, 0.4) is 0 Å². The maximum Gasteiger partial charge on any atom is 0.274 e. The monoisotopic (exact) mass is 392 g/mol. The number of para-hydroxylation sites is 1. The van der Waals surface area contributed by atoms with Gasteiger partial charge in [0.2, 0.25) is 5.91 Å². The van der Waals surface area contributed by atoms with Gasteiger partial charge in [0, 0.05) is 30.1 Å². The molecule has 0 aliphatic rings. The third kappa shape index (κ3) is 5.23. The minimum atomic E-state index is -0.641. The van der Waals surface area contributed by atoms with Crippen molar-refractivity contribution in [2.24, 2.45) is 0 Å². The van der Waals surface area contributed by atoms with Gasteiger partial charge in [0.1, 0.15) is 11.5 Å². The first-order valence-corrected chi connectivity index (χ1v) is 8.63. The van der Waals surface area contributed by atoms with Crippen LogP contribution in [0.1, 0.15) is 27.8 Å². The molecule has 3 aromatic rings. The van der Waals surface area contributed by atoms with Gasteiger partial charge in [0.05, 0.1) is 5.69 Å². The van der Waals surface area contributed by atoms with Crippen LogP contribution in [0.2, 0.25) is 0 Å². The summed E-state index contributed by atoms with van der Waals surface area (Å²) in [5, 5.41) is 7.73. The lowest BCUT2D eigenvalue weighted by Gasteiger charge is -2.09. The Labute approximate surface area is 166 Å². The molecule has 146 valence electrons. The van der Waals surface area contributed by atoms with E-state index in [2.05, 4.69) is 20.9 Å². The van der Waals surface area contributed by atoms with Crippen molar-refractivity contribution in [1.29, 1.82) is 0 Å². The Balaban J connectivity index is 1.73. The molecule has 0 spiro atoms. The first kappa shape index (κ1) is 19.7. The Bertz CT molecular complexity index is 1080. The Hall–Kier alpha value is -4.07. The number of anilines is 3. The smallest absolute Gasteiger partial charge is 0.274 e. The average molecular weight is 392 g/mol. The Morgan fingerprint density at radius 3 is 2.28 bits per heavy atom. The fourth-order valence-corrected chi connectivity index (χ4v) is 2.53. The zero-order valence-electron chi connectivity index (χ0n) is 15.4. The number of nitrogens with zero attached hydrogens (tertiary/aromatic N) is 1. The largest absolute Gasteiger partial charge is 0.326 e. The molecule has 0 atom stereocenters. The van der Waals surface area contributed by atoms with E-state index in [1.165, 1.54) is 43.5 Å². The average Bonchev–Trinajstić information content (AvgIpc) is 2.69. The number of pyridine rings is 1. The second-order valence-corrected chi connectivity index (χ2v) is 6.08. The molecule has 0 bridgehead atoms. The lowest BCUT2D eigenvalue weighted by atomic mass is 10.2. The maximum atomic E-state index is 13.7. The standard InChI is InChI=1S/C21H17FN4O3/c1-13(27)24-15-5-4-6-16(12-15)25-20(28)14-9-10-23-19(11-14)21(29)26-18-8-3-2-7-17(18)22/h2-12H,1H3,(H,24,27)(H,25,28)(H,26,29). The molecule has 0 fully saturated rings. The third-order valence-corrected chi connectivity index (χ3v) is 3.82. The van der Waals surface area contributed by atoms with E-state index in [-0.39, 0.29) is 22.9 Å². The van der Waals surface area contributed by atoms with Crippen molar-refractivity contribution in [3.05, 3.63) is 83.9 Å². The zero-order chi connectivity index (χ0) is 20.8. The second-order valence-electron chi connectivity index (χ2n) is 6.08. The molecule has 0 radical (unpaired) electrons. The zero-order valence-corrected chi connectivity index (χ0v) is 15.4. The molecule has 1 aromatic heterocycles. The van der Waals surface area contributed by atoms with Crippen LogP contribution in [-0.2, 0) is 4.79 Å². The van der Waals surface area contributed by atoms with Crippen LogP contribution in [0.5, 0.6) is 0 Å². The predicted octanol–water partition coefficient (Wildman–Crippen LogP) is 3.68. The van der Waals surface area contributed by atoms with E-state index in [1.807, 2.05) is 0 Å². The molecular formula is C21H17FN4O3. The number of halogens is 1. The highest BCUT2D eigenvalue weighted by atomic mass is 19.1. The summed E-state index contributed by atoms with van der Waals surface area (Å²) in [6, 6.07) is 15.1. The van der Waals surface area contributed by atoms with Gasteiger partial charge in [-0.05, 0) is 42.5 Å². The number of rotatable bonds is 5. The number of hydrogen-bond donors (Lipinski definition) is 3. The van der Waals surface area contributed by atoms with Gasteiger partial charge >= 0.3 is 0 Å². The second kappa shape index (κ2) is 8.75. The molecule has 0 saturated carbocycles. The number of amides is 3. The van der Waals surface area contributed by atoms with Gasteiger partial charge in [-0.15, -0.1) is 0 Å². The van der Waals surface area contributed by atoms with Crippen LogP contribution < -0.4 is 16.0 Å². The summed E-state index contributed by atoms with van der Waals surface area (Å²) < 4.78 is 13.7. The molecule has 7 nitrogen and oxygen atoms in total. The fourth-order valence-electron chi connectivity index (χ4n) is 2.53. The van der Waals surface area contributed by atoms with Crippen molar-refractivity contribution < 1.29 is 18.8 Å². The third-order valence-electron chi connectivity index (χ3n) is 3.82. The molecule has 8 heteroatoms. The number of nitrogens with one attached hydrogen (secondary N) is 3. The summed E-state index contributed by atoms with van der Waals surface area (Å²) in [6.07, 6.45) is 1.32. The van der Waals surface area contributed by atoms with Gasteiger partial charge in [0.25, 0.3) is 11.8 Å². The van der Waals surface area contributed by atoms with Gasteiger partial charge in [-0.3, -0.25) is 19.4 Å². The summed E-state index contributed by atoms with van der Waals surface area (Å²) in [7, 11) is 0. The molecule has 0 aliphatic heterocycles. The predicted molar refractivity (Wildman–Crippen MR) is 107 cm³/mol. The quantitative estimate of drug-likeness (QED) is 0.617. The van der Waals surface area contributed by atoms with Crippen LogP contribution in [0, 0.1) is 5.82 Å². The van der Waals surface area contributed by atoms with Gasteiger partial charge < -0.3 is 16.0 Å². The van der Waals surface area contributed by atoms with E-state index < -0.39 is 17.6 Å². The first-order chi connectivity index (χ1) is 13.9. The van der Waals surface area contributed by atoms with Gasteiger partial charge in [-0.1, -0.05) is 18.2 Å². The normalized spacial score (nSPS) is 10.1. The summed E-state index contributed by atoms with van der Waals surface area (Å²) in [5.74, 6) is -1.91. The Morgan fingerprint density at radius 2 is 1.55 bits per heavy atom. The molecule has 3 rings (SSSR count).